The van der Waals surface area contributed by atoms with Crippen LogP contribution in [0.25, 0.3) is 0 Å². The Morgan fingerprint density at radius 1 is 0.571 bits per heavy atom. The van der Waals surface area contributed by atoms with Crippen molar-refractivity contribution in [3.63, 3.8) is 0 Å². The molecular formula is C12HF17I2O2S2. The molecule has 0 spiro atoms. The first-order valence-electron chi connectivity index (χ1n) is 7.32. The highest BCUT2D eigenvalue weighted by molar-refractivity contribution is 14.1. The molecule has 0 amide bonds. The Hall–Kier alpha value is -0.0800. The second kappa shape index (κ2) is 8.72. The van der Waals surface area contributed by atoms with E-state index in [0.717, 1.165) is 22.6 Å². The van der Waals surface area contributed by atoms with Crippen molar-refractivity contribution in [3.05, 3.63) is 11.8 Å². The molecule has 0 atom stereocenters. The fraction of sp³-hybridized carbons (Fsp3) is 0.667. The van der Waals surface area contributed by atoms with Crippen LogP contribution >= 0.6 is 56.5 Å². The summed E-state index contributed by atoms with van der Waals surface area (Å²) in [7, 11) is -7.24. The van der Waals surface area contributed by atoms with Crippen LogP contribution in [-0.2, 0) is 9.84 Å². The normalized spacial score (nSPS) is 16.1. The predicted octanol–water partition coefficient (Wildman–Crippen LogP) is 7.70. The van der Waals surface area contributed by atoms with Crippen LogP contribution in [0.3, 0.4) is 0 Å². The molecule has 1 aromatic heterocycles. The van der Waals surface area contributed by atoms with Crippen molar-refractivity contribution in [2.24, 2.45) is 0 Å². The third kappa shape index (κ3) is 4.27. The molecule has 1 rings (SSSR count). The maximum absolute atomic E-state index is 14.1. The average Bonchev–Trinajstić information content (AvgIpc) is 2.98. The molecule has 0 bridgehead atoms. The number of halogens is 19. The van der Waals surface area contributed by atoms with Gasteiger partial charge in [-0.25, -0.2) is 8.42 Å². The Balaban J connectivity index is 3.83. The molecular weight excluding hydrogens is 817 g/mol. The van der Waals surface area contributed by atoms with E-state index in [1.54, 1.807) is 0 Å². The third-order valence-electron chi connectivity index (χ3n) is 3.95. The summed E-state index contributed by atoms with van der Waals surface area (Å²) in [6.45, 7) is 0. The van der Waals surface area contributed by atoms with Crippen LogP contribution in [0.5, 0.6) is 0 Å². The number of alkyl halides is 17. The fourth-order valence-electron chi connectivity index (χ4n) is 1.96. The maximum atomic E-state index is 14.1. The first kappa shape index (κ1) is 32.9. The third-order valence-corrected chi connectivity index (χ3v) is 9.20. The molecule has 23 heteroatoms. The summed E-state index contributed by atoms with van der Waals surface area (Å²) in [6, 6.07) is 0.106. The highest BCUT2D eigenvalue weighted by Crippen LogP contribution is 2.64. The Morgan fingerprint density at radius 2 is 0.886 bits per heavy atom. The minimum Gasteiger partial charge on any atom is -0.217 e. The first-order chi connectivity index (χ1) is 14.9. The second-order valence-electron chi connectivity index (χ2n) is 6.15. The van der Waals surface area contributed by atoms with Gasteiger partial charge in [-0.15, -0.1) is 11.3 Å². The van der Waals surface area contributed by atoms with Gasteiger partial charge in [-0.05, 0) is 51.2 Å². The van der Waals surface area contributed by atoms with Gasteiger partial charge in [0.2, 0.25) is 0 Å². The number of rotatable bonds is 8. The molecule has 0 aromatic carbocycles. The molecule has 0 aliphatic heterocycles. The van der Waals surface area contributed by atoms with Crippen molar-refractivity contribution < 1.29 is 83.1 Å². The van der Waals surface area contributed by atoms with Crippen molar-refractivity contribution in [2.75, 3.05) is 0 Å². The van der Waals surface area contributed by atoms with Gasteiger partial charge in [-0.2, -0.15) is 74.6 Å². The predicted molar refractivity (Wildman–Crippen MR) is 97.6 cm³/mol. The Labute approximate surface area is 212 Å². The monoisotopic (exact) mass is 818 g/mol. The first-order valence-corrected chi connectivity index (χ1v) is 11.8. The summed E-state index contributed by atoms with van der Waals surface area (Å²) < 4.78 is 248. The lowest BCUT2D eigenvalue weighted by molar-refractivity contribution is -0.458. The molecule has 0 saturated carbocycles. The number of hydrogen-bond donors (Lipinski definition) is 0. The quantitative estimate of drug-likeness (QED) is 0.199. The van der Waals surface area contributed by atoms with E-state index in [1.165, 1.54) is 22.6 Å². The van der Waals surface area contributed by atoms with Crippen molar-refractivity contribution in [3.8, 4) is 0 Å². The van der Waals surface area contributed by atoms with Gasteiger partial charge in [-0.3, -0.25) is 0 Å². The van der Waals surface area contributed by atoms with Crippen molar-refractivity contribution in [2.45, 2.75) is 51.9 Å². The van der Waals surface area contributed by atoms with Crippen LogP contribution in [0.4, 0.5) is 74.6 Å². The van der Waals surface area contributed by atoms with E-state index in [4.69, 9.17) is 0 Å². The lowest BCUT2D eigenvalue weighted by atomic mass is 9.91. The molecule has 0 unspecified atom stereocenters. The fourth-order valence-corrected chi connectivity index (χ4v) is 8.41. The van der Waals surface area contributed by atoms with Crippen LogP contribution in [0.15, 0.2) is 11.0 Å². The molecule has 0 aliphatic rings. The highest BCUT2D eigenvalue weighted by Gasteiger charge is 2.96. The molecule has 0 radical (unpaired) electrons. The molecule has 0 saturated heterocycles. The molecule has 0 aliphatic carbocycles. The summed E-state index contributed by atoms with van der Waals surface area (Å²) >= 11 is 2.26. The van der Waals surface area contributed by atoms with Gasteiger partial charge in [0.25, 0.3) is 9.84 Å². The van der Waals surface area contributed by atoms with E-state index >= 15 is 0 Å². The van der Waals surface area contributed by atoms with E-state index in [1.807, 2.05) is 0 Å². The van der Waals surface area contributed by atoms with Crippen LogP contribution in [-0.4, -0.2) is 55.4 Å². The van der Waals surface area contributed by atoms with Gasteiger partial charge in [0.05, 0.1) is 10.7 Å². The summed E-state index contributed by atoms with van der Waals surface area (Å²) in [5.74, 6) is -51.6. The molecule has 0 N–H and O–H groups in total. The maximum Gasteiger partial charge on any atom is 0.460 e. The molecule has 0 fully saturated rings. The number of sulfone groups is 1. The number of hydrogen-bond acceptors (Lipinski definition) is 3. The minimum absolute atomic E-state index is 0.106. The van der Waals surface area contributed by atoms with Gasteiger partial charge in [-0.1, -0.05) is 0 Å². The molecule has 2 nitrogen and oxygen atoms in total. The van der Waals surface area contributed by atoms with Gasteiger partial charge in [0.1, 0.15) is 0 Å². The zero-order valence-electron chi connectivity index (χ0n) is 14.9. The van der Waals surface area contributed by atoms with E-state index in [9.17, 15) is 83.1 Å². The SMILES string of the molecule is O=S(=O)(c1cc(I)sc1I)C(F)(F)C(F)(F)C(F)(F)C(F)(F)C(F)(F)C(F)(F)C(F)(F)C(F)(F)F. The minimum atomic E-state index is -8.84. The lowest BCUT2D eigenvalue weighted by Gasteiger charge is -2.42. The van der Waals surface area contributed by atoms with Gasteiger partial charge in [0, 0.05) is 0 Å². The number of thiophene rings is 1. The summed E-state index contributed by atoms with van der Waals surface area (Å²) in [5, 5.41) is -7.53. The Morgan fingerprint density at radius 3 is 1.17 bits per heavy atom. The van der Waals surface area contributed by atoms with Crippen LogP contribution in [0.2, 0.25) is 0 Å². The summed E-state index contributed by atoms with van der Waals surface area (Å²) in [4.78, 5) is -1.93. The van der Waals surface area contributed by atoms with E-state index < -0.39 is 64.6 Å². The summed E-state index contributed by atoms with van der Waals surface area (Å²) in [6.07, 6.45) is -7.87. The van der Waals surface area contributed by atoms with Crippen LogP contribution in [0.1, 0.15) is 0 Å². The van der Waals surface area contributed by atoms with Gasteiger partial charge >= 0.3 is 47.0 Å². The van der Waals surface area contributed by atoms with Gasteiger partial charge in [0.15, 0.2) is 0 Å². The smallest absolute Gasteiger partial charge is 0.217 e. The van der Waals surface area contributed by atoms with E-state index in [0.29, 0.717) is 0 Å². The second-order valence-corrected chi connectivity index (χ2v) is 12.9. The molecule has 35 heavy (non-hydrogen) atoms. The Kier molecular flexibility index (Phi) is 8.21. The van der Waals surface area contributed by atoms with Crippen LogP contribution < -0.4 is 0 Å². The molecule has 1 heterocycles. The zero-order chi connectivity index (χ0) is 28.6. The largest absolute Gasteiger partial charge is 0.460 e. The van der Waals surface area contributed by atoms with E-state index in [-0.39, 0.29) is 20.3 Å². The van der Waals surface area contributed by atoms with E-state index in [2.05, 4.69) is 0 Å². The standard InChI is InChI=1S/C12HF17I2O2S2/c13-5(14,7(17,18)9(21,22)11(25,26)27)6(15,16)8(19,20)10(23,24)12(28,29)35(32,33)2-1-3(30)34-4(2)31/h1H. The van der Waals surface area contributed by atoms with Crippen molar-refractivity contribution in [1.29, 1.82) is 0 Å². The molecule has 206 valence electrons. The summed E-state index contributed by atoms with van der Waals surface area (Å²) in [5.41, 5.74) is 0. The van der Waals surface area contributed by atoms with Crippen LogP contribution in [0, 0.1) is 5.77 Å². The Bertz CT molecular complexity index is 1070. The van der Waals surface area contributed by atoms with Crippen molar-refractivity contribution in [1.82, 2.24) is 0 Å². The van der Waals surface area contributed by atoms with Crippen molar-refractivity contribution >= 4 is 66.4 Å². The average molecular weight is 818 g/mol. The zero-order valence-corrected chi connectivity index (χ0v) is 20.8. The highest BCUT2D eigenvalue weighted by atomic mass is 127. The lowest BCUT2D eigenvalue weighted by Crippen LogP contribution is -2.75. The topological polar surface area (TPSA) is 34.1 Å². The van der Waals surface area contributed by atoms with Gasteiger partial charge < -0.3 is 0 Å². The molecule has 1 aromatic rings.